The van der Waals surface area contributed by atoms with Crippen molar-refractivity contribution in [3.05, 3.63) is 30.1 Å². The van der Waals surface area contributed by atoms with Crippen molar-refractivity contribution >= 4 is 17.7 Å². The molecule has 1 heterocycles. The Morgan fingerprint density at radius 1 is 1.20 bits per heavy atom. The lowest BCUT2D eigenvalue weighted by Crippen LogP contribution is -2.49. The van der Waals surface area contributed by atoms with Crippen LogP contribution in [0.5, 0.6) is 0 Å². The zero-order chi connectivity index (χ0) is 14.4. The van der Waals surface area contributed by atoms with Crippen molar-refractivity contribution in [2.24, 2.45) is 0 Å². The van der Waals surface area contributed by atoms with Gasteiger partial charge in [-0.1, -0.05) is 0 Å². The Labute approximate surface area is 122 Å². The van der Waals surface area contributed by atoms with Crippen molar-refractivity contribution in [3.63, 3.8) is 0 Å². The molecule has 0 spiro atoms. The van der Waals surface area contributed by atoms with Gasteiger partial charge in [-0.05, 0) is 24.3 Å². The number of aliphatic hydroxyl groups excluding tert-OH is 1. The molecule has 0 aliphatic carbocycles. The maximum Gasteiger partial charge on any atom is 0.248 e. The number of hydrogen-bond acceptors (Lipinski definition) is 4. The molecule has 0 bridgehead atoms. The highest BCUT2D eigenvalue weighted by Crippen LogP contribution is 2.18. The smallest absolute Gasteiger partial charge is 0.248 e. The standard InChI is InChI=1S/C14H19FN2O2S/c15-12-1-3-13(4-2-12)20-10-9-16-5-7-17(8-6-16)14(19)11-18/h1-4,18H,5-11H2. The monoisotopic (exact) mass is 298 g/mol. The van der Waals surface area contributed by atoms with Gasteiger partial charge in [-0.2, -0.15) is 0 Å². The van der Waals surface area contributed by atoms with E-state index in [-0.39, 0.29) is 11.7 Å². The minimum atomic E-state index is -0.402. The molecule has 1 amide bonds. The summed E-state index contributed by atoms with van der Waals surface area (Å²) in [6.45, 7) is 3.59. The Morgan fingerprint density at radius 2 is 1.85 bits per heavy atom. The number of benzene rings is 1. The average molecular weight is 298 g/mol. The van der Waals surface area contributed by atoms with Crippen molar-refractivity contribution < 1.29 is 14.3 Å². The van der Waals surface area contributed by atoms with E-state index in [1.807, 2.05) is 0 Å². The van der Waals surface area contributed by atoms with E-state index in [2.05, 4.69) is 4.90 Å². The van der Waals surface area contributed by atoms with Gasteiger partial charge in [-0.25, -0.2) is 4.39 Å². The molecular weight excluding hydrogens is 279 g/mol. The third-order valence-corrected chi connectivity index (χ3v) is 4.34. The molecule has 0 saturated carbocycles. The van der Waals surface area contributed by atoms with Crippen LogP contribution >= 0.6 is 11.8 Å². The van der Waals surface area contributed by atoms with Crippen molar-refractivity contribution in [1.29, 1.82) is 0 Å². The molecule has 1 aromatic rings. The molecule has 1 fully saturated rings. The first kappa shape index (κ1) is 15.3. The Balaban J connectivity index is 1.66. The highest BCUT2D eigenvalue weighted by molar-refractivity contribution is 7.99. The minimum absolute atomic E-state index is 0.190. The van der Waals surface area contributed by atoms with Crippen LogP contribution in [0.25, 0.3) is 0 Å². The molecule has 110 valence electrons. The van der Waals surface area contributed by atoms with Gasteiger partial charge in [0.1, 0.15) is 12.4 Å². The maximum absolute atomic E-state index is 12.8. The number of nitrogens with zero attached hydrogens (tertiary/aromatic N) is 2. The van der Waals surface area contributed by atoms with Crippen molar-refractivity contribution in [2.45, 2.75) is 4.90 Å². The van der Waals surface area contributed by atoms with Gasteiger partial charge < -0.3 is 10.0 Å². The van der Waals surface area contributed by atoms with Crippen LogP contribution in [0.15, 0.2) is 29.2 Å². The van der Waals surface area contributed by atoms with Gasteiger partial charge in [0.2, 0.25) is 5.91 Å². The van der Waals surface area contributed by atoms with Crippen LogP contribution in [-0.4, -0.2) is 65.9 Å². The SMILES string of the molecule is O=C(CO)N1CCN(CCSc2ccc(F)cc2)CC1. The van der Waals surface area contributed by atoms with Gasteiger partial charge in [0.05, 0.1) is 0 Å². The lowest BCUT2D eigenvalue weighted by atomic mass is 10.3. The first-order valence-corrected chi connectivity index (χ1v) is 7.67. The van der Waals surface area contributed by atoms with Gasteiger partial charge in [0.15, 0.2) is 0 Å². The molecule has 4 nitrogen and oxygen atoms in total. The number of piperazine rings is 1. The van der Waals surface area contributed by atoms with E-state index in [4.69, 9.17) is 5.11 Å². The summed E-state index contributed by atoms with van der Waals surface area (Å²) in [6.07, 6.45) is 0. The van der Waals surface area contributed by atoms with E-state index in [9.17, 15) is 9.18 Å². The summed E-state index contributed by atoms with van der Waals surface area (Å²) in [5.74, 6) is 0.545. The minimum Gasteiger partial charge on any atom is -0.387 e. The van der Waals surface area contributed by atoms with Gasteiger partial charge in [0, 0.05) is 43.4 Å². The largest absolute Gasteiger partial charge is 0.387 e. The quantitative estimate of drug-likeness (QED) is 0.826. The van der Waals surface area contributed by atoms with E-state index in [0.717, 1.165) is 30.3 Å². The molecule has 0 atom stereocenters. The highest BCUT2D eigenvalue weighted by atomic mass is 32.2. The number of thioether (sulfide) groups is 1. The van der Waals surface area contributed by atoms with Crippen molar-refractivity contribution in [1.82, 2.24) is 9.80 Å². The molecule has 0 radical (unpaired) electrons. The first-order chi connectivity index (χ1) is 9.69. The van der Waals surface area contributed by atoms with Gasteiger partial charge in [-0.3, -0.25) is 9.69 Å². The number of aliphatic hydroxyl groups is 1. The number of hydrogen-bond donors (Lipinski definition) is 1. The molecule has 2 rings (SSSR count). The van der Waals surface area contributed by atoms with Crippen molar-refractivity contribution in [3.8, 4) is 0 Å². The Morgan fingerprint density at radius 3 is 2.45 bits per heavy atom. The van der Waals surface area contributed by atoms with E-state index in [0.29, 0.717) is 13.1 Å². The lowest BCUT2D eigenvalue weighted by Gasteiger charge is -2.34. The number of amides is 1. The van der Waals surface area contributed by atoms with E-state index >= 15 is 0 Å². The molecule has 0 unspecified atom stereocenters. The maximum atomic E-state index is 12.8. The van der Waals surface area contributed by atoms with E-state index < -0.39 is 6.61 Å². The van der Waals surface area contributed by atoms with Crippen LogP contribution in [0.3, 0.4) is 0 Å². The molecule has 20 heavy (non-hydrogen) atoms. The zero-order valence-corrected chi connectivity index (χ0v) is 12.1. The van der Waals surface area contributed by atoms with Gasteiger partial charge in [0.25, 0.3) is 0 Å². The average Bonchev–Trinajstić information content (AvgIpc) is 2.49. The van der Waals surface area contributed by atoms with E-state index in [1.165, 1.54) is 12.1 Å². The third-order valence-electron chi connectivity index (χ3n) is 3.35. The summed E-state index contributed by atoms with van der Waals surface area (Å²) in [6, 6.07) is 6.53. The number of carbonyl (C=O) groups is 1. The summed E-state index contributed by atoms with van der Waals surface area (Å²) in [7, 11) is 0. The predicted octanol–water partition coefficient (Wildman–Crippen LogP) is 1.05. The zero-order valence-electron chi connectivity index (χ0n) is 11.3. The van der Waals surface area contributed by atoms with Crippen LogP contribution in [-0.2, 0) is 4.79 Å². The number of rotatable bonds is 5. The van der Waals surface area contributed by atoms with Crippen LogP contribution in [0, 0.1) is 5.82 Å². The van der Waals surface area contributed by atoms with Crippen LogP contribution in [0.1, 0.15) is 0 Å². The molecule has 1 aliphatic heterocycles. The third kappa shape index (κ3) is 4.47. The normalized spacial score (nSPS) is 16.4. The van der Waals surface area contributed by atoms with Crippen LogP contribution < -0.4 is 0 Å². The predicted molar refractivity (Wildman–Crippen MR) is 77.2 cm³/mol. The fourth-order valence-corrected chi connectivity index (χ4v) is 3.06. The second-order valence-electron chi connectivity index (χ2n) is 4.68. The number of carbonyl (C=O) groups excluding carboxylic acids is 1. The summed E-state index contributed by atoms with van der Waals surface area (Å²) in [5, 5.41) is 8.81. The molecule has 0 aromatic heterocycles. The Kier molecular flexibility index (Phi) is 5.82. The molecule has 1 aromatic carbocycles. The summed E-state index contributed by atoms with van der Waals surface area (Å²) >= 11 is 1.71. The molecule has 1 aliphatic rings. The molecule has 1 N–H and O–H groups in total. The lowest BCUT2D eigenvalue weighted by molar-refractivity contribution is -0.135. The highest BCUT2D eigenvalue weighted by Gasteiger charge is 2.19. The second-order valence-corrected chi connectivity index (χ2v) is 5.85. The molecular formula is C14H19FN2O2S. The second kappa shape index (κ2) is 7.61. The van der Waals surface area contributed by atoms with Crippen LogP contribution in [0.4, 0.5) is 4.39 Å². The van der Waals surface area contributed by atoms with Gasteiger partial charge in [-0.15, -0.1) is 11.8 Å². The fourth-order valence-electron chi connectivity index (χ4n) is 2.14. The van der Waals surface area contributed by atoms with Crippen LogP contribution in [0.2, 0.25) is 0 Å². The topological polar surface area (TPSA) is 43.8 Å². The summed E-state index contributed by atoms with van der Waals surface area (Å²) in [4.78, 5) is 16.4. The molecule has 1 saturated heterocycles. The Hall–Kier alpha value is -1.11. The molecule has 6 heteroatoms. The summed E-state index contributed by atoms with van der Waals surface area (Å²) in [5.41, 5.74) is 0. The summed E-state index contributed by atoms with van der Waals surface area (Å²) < 4.78 is 12.8. The van der Waals surface area contributed by atoms with Gasteiger partial charge >= 0.3 is 0 Å². The number of halogens is 1. The van der Waals surface area contributed by atoms with E-state index in [1.54, 1.807) is 28.8 Å². The first-order valence-electron chi connectivity index (χ1n) is 6.68. The van der Waals surface area contributed by atoms with Crippen molar-refractivity contribution in [2.75, 3.05) is 45.1 Å². The fraction of sp³-hybridized carbons (Fsp3) is 0.500. The Bertz CT molecular complexity index is 433.